The van der Waals surface area contributed by atoms with Crippen molar-refractivity contribution in [3.63, 3.8) is 0 Å². The summed E-state index contributed by atoms with van der Waals surface area (Å²) < 4.78 is 4.56. The first-order chi connectivity index (χ1) is 28.3. The topological polar surface area (TPSA) is 196 Å². The fourth-order valence-corrected chi connectivity index (χ4v) is 7.56. The first kappa shape index (κ1) is 39.8. The maximum Gasteiger partial charge on any atom is 0.319 e. The predicted molar refractivity (Wildman–Crippen MR) is 235 cm³/mol. The maximum absolute atomic E-state index is 12.8. The van der Waals surface area contributed by atoms with Crippen LogP contribution < -0.4 is 32.7 Å². The minimum atomic E-state index is -0.307. The lowest BCUT2D eigenvalue weighted by molar-refractivity contribution is 0.251. The van der Waals surface area contributed by atoms with E-state index >= 15 is 0 Å². The Morgan fingerprint density at radius 1 is 0.569 bits per heavy atom. The van der Waals surface area contributed by atoms with Gasteiger partial charge in [-0.3, -0.25) is 0 Å². The van der Waals surface area contributed by atoms with Crippen molar-refractivity contribution in [2.75, 3.05) is 35.2 Å². The molecule has 7 rings (SSSR count). The number of hydrogen-bond donors (Lipinski definition) is 6. The van der Waals surface area contributed by atoms with Gasteiger partial charge in [0.05, 0.1) is 22.1 Å². The summed E-state index contributed by atoms with van der Waals surface area (Å²) in [5.74, 6) is 2.93. The van der Waals surface area contributed by atoms with Gasteiger partial charge in [-0.25, -0.2) is 29.5 Å². The number of nitrogens with one attached hydrogen (secondary N) is 4. The summed E-state index contributed by atoms with van der Waals surface area (Å²) in [6.45, 7) is 6.88. The van der Waals surface area contributed by atoms with E-state index < -0.39 is 0 Å². The van der Waals surface area contributed by atoms with Crippen LogP contribution in [0.4, 0.5) is 32.6 Å². The third-order valence-electron chi connectivity index (χ3n) is 10.5. The van der Waals surface area contributed by atoms with E-state index in [0.717, 1.165) is 133 Å². The van der Waals surface area contributed by atoms with Crippen molar-refractivity contribution in [2.45, 2.75) is 91.1 Å². The molecule has 0 fully saturated rings. The number of para-hydroxylation sites is 2. The standard InChI is InChI=1S/C44H54N12O2/c1-3-5-22-35-53-37-39(31-18-7-9-20-33(31)51-41(37)45)55(35)26-13-11-24-47-43(57)49-29-16-15-17-30(28-29)50-44(58)48-25-12-14-27-56-36(23-6-4-2)54-38-40(56)32-19-8-10-21-34(32)52-42(38)46/h7-10,15-21,28H,3-6,11-14,22-27H2,1-2H3,(H2,45,51)(H2,46,52)(H2,47,49,57)(H2,48,50,58). The first-order valence-corrected chi connectivity index (χ1v) is 20.6. The summed E-state index contributed by atoms with van der Waals surface area (Å²) in [4.78, 5) is 44.6. The quantitative estimate of drug-likeness (QED) is 0.0466. The number of nitrogens with two attached hydrogens (primary N) is 2. The molecule has 8 N–H and O–H groups in total. The fraction of sp³-hybridized carbons (Fsp3) is 0.364. The average Bonchev–Trinajstić information content (AvgIpc) is 3.78. The molecular formula is C44H54N12O2. The van der Waals surface area contributed by atoms with Gasteiger partial charge in [-0.05, 0) is 68.9 Å². The number of pyridine rings is 2. The van der Waals surface area contributed by atoms with Crippen LogP contribution in [0.2, 0.25) is 0 Å². The lowest BCUT2D eigenvalue weighted by atomic mass is 10.2. The number of carbonyl (C=O) groups excluding carboxylic acids is 2. The molecule has 0 saturated heterocycles. The molecule has 0 spiro atoms. The molecule has 0 aliphatic carbocycles. The van der Waals surface area contributed by atoms with Gasteiger partial charge in [0.25, 0.3) is 0 Å². The number of anilines is 4. The van der Waals surface area contributed by atoms with Crippen LogP contribution in [0.1, 0.15) is 76.9 Å². The number of urea groups is 2. The number of hydrogen-bond acceptors (Lipinski definition) is 8. The number of nitrogen functional groups attached to an aromatic ring is 2. The summed E-state index contributed by atoms with van der Waals surface area (Å²) in [5, 5.41) is 13.8. The van der Waals surface area contributed by atoms with Gasteiger partial charge in [0.2, 0.25) is 0 Å². The Labute approximate surface area is 338 Å². The van der Waals surface area contributed by atoms with Gasteiger partial charge >= 0.3 is 12.1 Å². The number of aryl methyl sites for hydroxylation is 4. The molecule has 7 aromatic rings. The van der Waals surface area contributed by atoms with Crippen LogP contribution in [0.15, 0.2) is 72.8 Å². The Morgan fingerprint density at radius 3 is 1.47 bits per heavy atom. The number of fused-ring (bicyclic) bond motifs is 6. The summed E-state index contributed by atoms with van der Waals surface area (Å²) in [5.41, 5.74) is 19.1. The second-order valence-corrected chi connectivity index (χ2v) is 14.7. The normalized spacial score (nSPS) is 11.5. The number of amides is 4. The number of aromatic nitrogens is 6. The molecule has 58 heavy (non-hydrogen) atoms. The smallest absolute Gasteiger partial charge is 0.319 e. The fourth-order valence-electron chi connectivity index (χ4n) is 7.56. The molecule has 14 nitrogen and oxygen atoms in total. The number of nitrogens with zero attached hydrogens (tertiary/aromatic N) is 6. The number of rotatable bonds is 18. The molecule has 0 aliphatic heterocycles. The van der Waals surface area contributed by atoms with Crippen LogP contribution in [-0.4, -0.2) is 54.2 Å². The average molecular weight is 783 g/mol. The summed E-state index contributed by atoms with van der Waals surface area (Å²) in [6, 6.07) is 22.6. The molecule has 0 radical (unpaired) electrons. The van der Waals surface area contributed by atoms with E-state index in [4.69, 9.17) is 21.4 Å². The summed E-state index contributed by atoms with van der Waals surface area (Å²) >= 11 is 0. The molecule has 302 valence electrons. The highest BCUT2D eigenvalue weighted by atomic mass is 16.2. The van der Waals surface area contributed by atoms with Gasteiger partial charge in [0.1, 0.15) is 22.7 Å². The third-order valence-corrected chi connectivity index (χ3v) is 10.5. The number of carbonyl (C=O) groups is 2. The molecular weight excluding hydrogens is 729 g/mol. The molecule has 4 amide bonds. The molecule has 0 aliphatic rings. The van der Waals surface area contributed by atoms with Crippen molar-refractivity contribution >= 4 is 78.9 Å². The molecule has 14 heteroatoms. The Hall–Kier alpha value is -6.44. The van der Waals surface area contributed by atoms with Crippen LogP contribution in [-0.2, 0) is 25.9 Å². The van der Waals surface area contributed by atoms with Crippen LogP contribution >= 0.6 is 0 Å². The van der Waals surface area contributed by atoms with Gasteiger partial charge < -0.3 is 41.9 Å². The summed E-state index contributed by atoms with van der Waals surface area (Å²) in [7, 11) is 0. The molecule has 4 heterocycles. The van der Waals surface area contributed by atoms with Crippen LogP contribution in [0.3, 0.4) is 0 Å². The van der Waals surface area contributed by atoms with Crippen molar-refractivity contribution < 1.29 is 9.59 Å². The summed E-state index contributed by atoms with van der Waals surface area (Å²) in [6.07, 6.45) is 9.21. The van der Waals surface area contributed by atoms with E-state index in [1.54, 1.807) is 24.3 Å². The van der Waals surface area contributed by atoms with Crippen LogP contribution in [0.5, 0.6) is 0 Å². The van der Waals surface area contributed by atoms with Crippen molar-refractivity contribution in [2.24, 2.45) is 0 Å². The monoisotopic (exact) mass is 782 g/mol. The lowest BCUT2D eigenvalue weighted by Gasteiger charge is -2.13. The van der Waals surface area contributed by atoms with Crippen molar-refractivity contribution in [1.29, 1.82) is 0 Å². The van der Waals surface area contributed by atoms with E-state index in [9.17, 15) is 9.59 Å². The SMILES string of the molecule is CCCCc1nc2c(N)nc3ccccc3c2n1CCCCNC(=O)Nc1cccc(NC(=O)NCCCCn2c(CCCC)nc3c(N)nc4ccccc4c32)c1. The Bertz CT molecular complexity index is 2370. The number of unbranched alkanes of at least 4 members (excludes halogenated alkanes) is 4. The Balaban J connectivity index is 0.864. The van der Waals surface area contributed by atoms with E-state index in [1.807, 2.05) is 36.4 Å². The van der Waals surface area contributed by atoms with Crippen molar-refractivity contribution in [3.8, 4) is 0 Å². The third kappa shape index (κ3) is 9.06. The maximum atomic E-state index is 12.8. The molecule has 0 bridgehead atoms. The van der Waals surface area contributed by atoms with Gasteiger partial charge in [0.15, 0.2) is 11.6 Å². The van der Waals surface area contributed by atoms with Crippen molar-refractivity contribution in [3.05, 3.63) is 84.4 Å². The minimum absolute atomic E-state index is 0.307. The van der Waals surface area contributed by atoms with E-state index in [2.05, 4.69) is 66.3 Å². The van der Waals surface area contributed by atoms with Crippen molar-refractivity contribution in [1.82, 2.24) is 39.7 Å². The highest BCUT2D eigenvalue weighted by Gasteiger charge is 2.18. The van der Waals surface area contributed by atoms with E-state index in [-0.39, 0.29) is 12.1 Å². The van der Waals surface area contributed by atoms with E-state index in [1.165, 1.54) is 0 Å². The number of imidazole rings is 2. The largest absolute Gasteiger partial charge is 0.382 e. The van der Waals surface area contributed by atoms with Crippen LogP contribution in [0.25, 0.3) is 43.9 Å². The predicted octanol–water partition coefficient (Wildman–Crippen LogP) is 8.54. The van der Waals surface area contributed by atoms with Gasteiger partial charge in [-0.1, -0.05) is 69.2 Å². The second kappa shape index (κ2) is 18.7. The lowest BCUT2D eigenvalue weighted by Crippen LogP contribution is -2.30. The minimum Gasteiger partial charge on any atom is -0.382 e. The molecule has 0 saturated carbocycles. The van der Waals surface area contributed by atoms with Gasteiger partial charge in [-0.15, -0.1) is 0 Å². The molecule has 0 atom stereocenters. The Morgan fingerprint density at radius 2 is 1.02 bits per heavy atom. The zero-order chi connectivity index (χ0) is 40.4. The zero-order valence-electron chi connectivity index (χ0n) is 33.5. The Kier molecular flexibility index (Phi) is 12.8. The highest BCUT2D eigenvalue weighted by molar-refractivity contribution is 6.07. The zero-order valence-corrected chi connectivity index (χ0v) is 33.5. The number of benzene rings is 3. The molecule has 4 aromatic heterocycles. The molecule has 3 aromatic carbocycles. The first-order valence-electron chi connectivity index (χ1n) is 20.6. The van der Waals surface area contributed by atoms with Gasteiger partial charge in [-0.2, -0.15) is 0 Å². The van der Waals surface area contributed by atoms with Crippen LogP contribution in [0, 0.1) is 0 Å². The van der Waals surface area contributed by atoms with Gasteiger partial charge in [0, 0.05) is 61.2 Å². The second-order valence-electron chi connectivity index (χ2n) is 14.7. The van der Waals surface area contributed by atoms with E-state index in [0.29, 0.717) is 36.1 Å². The highest BCUT2D eigenvalue weighted by Crippen LogP contribution is 2.31. The molecule has 0 unspecified atom stereocenters.